The van der Waals surface area contributed by atoms with Crippen LogP contribution in [0.3, 0.4) is 0 Å². The van der Waals surface area contributed by atoms with Gasteiger partial charge in [0, 0.05) is 24.4 Å². The van der Waals surface area contributed by atoms with Crippen LogP contribution in [0.25, 0.3) is 0 Å². The van der Waals surface area contributed by atoms with Crippen LogP contribution in [-0.4, -0.2) is 15.9 Å². The molecule has 3 aromatic rings. The third-order valence-corrected chi connectivity index (χ3v) is 3.18. The van der Waals surface area contributed by atoms with E-state index in [9.17, 15) is 14.9 Å². The second-order valence-corrected chi connectivity index (χ2v) is 4.93. The Hall–Kier alpha value is -3.74. The van der Waals surface area contributed by atoms with Gasteiger partial charge in [-0.05, 0) is 30.3 Å². The van der Waals surface area contributed by atoms with E-state index in [1.54, 1.807) is 30.3 Å². The van der Waals surface area contributed by atoms with Gasteiger partial charge in [0.05, 0.1) is 4.92 Å². The van der Waals surface area contributed by atoms with Crippen molar-refractivity contribution in [3.05, 3.63) is 88.7 Å². The molecule has 0 spiro atoms. The van der Waals surface area contributed by atoms with Crippen molar-refractivity contribution in [1.82, 2.24) is 4.98 Å². The van der Waals surface area contributed by atoms with Crippen molar-refractivity contribution in [2.75, 3.05) is 0 Å². The molecule has 124 valence electrons. The fraction of sp³-hybridized carbons (Fsp3) is 0. The highest BCUT2D eigenvalue weighted by molar-refractivity contribution is 5.89. The molecule has 0 bridgehead atoms. The number of hydrogen-bond acceptors (Lipinski definition) is 6. The summed E-state index contributed by atoms with van der Waals surface area (Å²) >= 11 is 0. The molecule has 7 nitrogen and oxygen atoms in total. The van der Waals surface area contributed by atoms with Gasteiger partial charge in [-0.2, -0.15) is 0 Å². The molecule has 2 aromatic carbocycles. The number of carbonyl (C=O) groups is 1. The molecule has 25 heavy (non-hydrogen) atoms. The predicted molar refractivity (Wildman–Crippen MR) is 88.8 cm³/mol. The second kappa shape index (κ2) is 7.22. The standard InChI is InChI=1S/C18H12N2O5/c21-18(25-14-4-2-1-3-5-14)17-12-16(10-11-19-17)24-15-8-6-13(7-9-15)20(22)23/h1-12H. The Morgan fingerprint density at radius 1 is 0.920 bits per heavy atom. The summed E-state index contributed by atoms with van der Waals surface area (Å²) in [7, 11) is 0. The van der Waals surface area contributed by atoms with Crippen LogP contribution in [0.5, 0.6) is 17.2 Å². The number of hydrogen-bond donors (Lipinski definition) is 0. The molecule has 0 amide bonds. The average Bonchev–Trinajstić information content (AvgIpc) is 2.63. The van der Waals surface area contributed by atoms with Crippen molar-refractivity contribution in [3.63, 3.8) is 0 Å². The van der Waals surface area contributed by atoms with Crippen molar-refractivity contribution in [2.45, 2.75) is 0 Å². The molecule has 1 heterocycles. The molecule has 7 heteroatoms. The van der Waals surface area contributed by atoms with Crippen molar-refractivity contribution in [3.8, 4) is 17.2 Å². The average molecular weight is 336 g/mol. The zero-order valence-corrected chi connectivity index (χ0v) is 12.9. The highest BCUT2D eigenvalue weighted by atomic mass is 16.6. The third-order valence-electron chi connectivity index (χ3n) is 3.18. The molecule has 0 unspecified atom stereocenters. The predicted octanol–water partition coefficient (Wildman–Crippen LogP) is 4.00. The van der Waals surface area contributed by atoms with E-state index in [-0.39, 0.29) is 11.4 Å². The summed E-state index contributed by atoms with van der Waals surface area (Å²) in [4.78, 5) is 26.2. The maximum atomic E-state index is 12.1. The summed E-state index contributed by atoms with van der Waals surface area (Å²) in [5, 5.41) is 10.6. The quantitative estimate of drug-likeness (QED) is 0.303. The summed E-state index contributed by atoms with van der Waals surface area (Å²) in [6, 6.07) is 17.3. The fourth-order valence-electron chi connectivity index (χ4n) is 2.01. The first-order chi connectivity index (χ1) is 12.1. The van der Waals surface area contributed by atoms with Crippen molar-refractivity contribution < 1.29 is 19.2 Å². The van der Waals surface area contributed by atoms with Crippen molar-refractivity contribution >= 4 is 11.7 Å². The van der Waals surface area contributed by atoms with Crippen LogP contribution in [-0.2, 0) is 0 Å². The minimum atomic E-state index is -0.611. The molecule has 3 rings (SSSR count). The van der Waals surface area contributed by atoms with Gasteiger partial charge in [-0.25, -0.2) is 9.78 Å². The number of para-hydroxylation sites is 1. The molecule has 0 radical (unpaired) electrons. The maximum absolute atomic E-state index is 12.1. The Kier molecular flexibility index (Phi) is 4.66. The van der Waals surface area contributed by atoms with Crippen LogP contribution in [0.2, 0.25) is 0 Å². The molecular formula is C18H12N2O5. The Morgan fingerprint density at radius 3 is 2.32 bits per heavy atom. The molecule has 0 aliphatic heterocycles. The minimum absolute atomic E-state index is 0.0331. The summed E-state index contributed by atoms with van der Waals surface area (Å²) in [5.74, 6) is 0.569. The van der Waals surface area contributed by atoms with Crippen LogP contribution in [0.15, 0.2) is 72.9 Å². The number of esters is 1. The van der Waals surface area contributed by atoms with Gasteiger partial charge >= 0.3 is 5.97 Å². The van der Waals surface area contributed by atoms with Crippen LogP contribution >= 0.6 is 0 Å². The number of carbonyl (C=O) groups excluding carboxylic acids is 1. The van der Waals surface area contributed by atoms with Crippen LogP contribution < -0.4 is 9.47 Å². The summed E-state index contributed by atoms with van der Waals surface area (Å²) in [5.41, 5.74) is 0.0532. The lowest BCUT2D eigenvalue weighted by atomic mass is 10.3. The SMILES string of the molecule is O=C(Oc1ccccc1)c1cc(Oc2ccc([N+](=O)[O-])cc2)ccn1. The number of aromatic nitrogens is 1. The number of ether oxygens (including phenoxy) is 2. The molecule has 0 saturated carbocycles. The highest BCUT2D eigenvalue weighted by Gasteiger charge is 2.12. The van der Waals surface area contributed by atoms with Gasteiger partial charge in [-0.15, -0.1) is 0 Å². The van der Waals surface area contributed by atoms with E-state index in [0.717, 1.165) is 0 Å². The lowest BCUT2D eigenvalue weighted by Gasteiger charge is -2.07. The van der Waals surface area contributed by atoms with E-state index in [1.165, 1.54) is 36.5 Å². The van der Waals surface area contributed by atoms with Gasteiger partial charge in [-0.1, -0.05) is 18.2 Å². The van der Waals surface area contributed by atoms with E-state index in [4.69, 9.17) is 9.47 Å². The largest absolute Gasteiger partial charge is 0.457 e. The molecule has 1 aromatic heterocycles. The number of non-ortho nitro benzene ring substituents is 1. The lowest BCUT2D eigenvalue weighted by molar-refractivity contribution is -0.384. The van der Waals surface area contributed by atoms with Gasteiger partial charge in [-0.3, -0.25) is 10.1 Å². The zero-order valence-electron chi connectivity index (χ0n) is 12.9. The fourth-order valence-corrected chi connectivity index (χ4v) is 2.01. The number of nitro benzene ring substituents is 1. The summed E-state index contributed by atoms with van der Waals surface area (Å²) in [6.45, 7) is 0. The van der Waals surface area contributed by atoms with E-state index < -0.39 is 10.9 Å². The highest BCUT2D eigenvalue weighted by Crippen LogP contribution is 2.24. The molecule has 0 aliphatic rings. The van der Waals surface area contributed by atoms with Crippen LogP contribution in [0.1, 0.15) is 10.5 Å². The molecule has 0 aliphatic carbocycles. The van der Waals surface area contributed by atoms with E-state index in [0.29, 0.717) is 17.2 Å². The molecule has 0 N–H and O–H groups in total. The molecular weight excluding hydrogens is 324 g/mol. The number of nitrogens with zero attached hydrogens (tertiary/aromatic N) is 2. The lowest BCUT2D eigenvalue weighted by Crippen LogP contribution is -2.10. The number of nitro groups is 1. The van der Waals surface area contributed by atoms with Gasteiger partial charge in [0.2, 0.25) is 0 Å². The van der Waals surface area contributed by atoms with E-state index >= 15 is 0 Å². The van der Waals surface area contributed by atoms with Crippen LogP contribution in [0, 0.1) is 10.1 Å². The number of benzene rings is 2. The second-order valence-electron chi connectivity index (χ2n) is 4.93. The van der Waals surface area contributed by atoms with Crippen molar-refractivity contribution in [2.24, 2.45) is 0 Å². The number of pyridine rings is 1. The Labute approximate surface area is 142 Å². The molecule has 0 atom stereocenters. The normalized spacial score (nSPS) is 10.1. The topological polar surface area (TPSA) is 91.6 Å². The van der Waals surface area contributed by atoms with Gasteiger partial charge in [0.15, 0.2) is 5.69 Å². The molecule has 0 saturated heterocycles. The number of rotatable bonds is 5. The minimum Gasteiger partial charge on any atom is -0.457 e. The summed E-state index contributed by atoms with van der Waals surface area (Å²) in [6.07, 6.45) is 1.42. The first kappa shape index (κ1) is 16.1. The zero-order chi connectivity index (χ0) is 17.6. The summed E-state index contributed by atoms with van der Waals surface area (Å²) < 4.78 is 10.8. The smallest absolute Gasteiger partial charge is 0.362 e. The first-order valence-electron chi connectivity index (χ1n) is 7.27. The van der Waals surface area contributed by atoms with Gasteiger partial charge in [0.25, 0.3) is 5.69 Å². The maximum Gasteiger partial charge on any atom is 0.362 e. The molecule has 0 fully saturated rings. The Bertz CT molecular complexity index is 895. The Morgan fingerprint density at radius 2 is 1.64 bits per heavy atom. The van der Waals surface area contributed by atoms with Crippen LogP contribution in [0.4, 0.5) is 5.69 Å². The first-order valence-corrected chi connectivity index (χ1v) is 7.27. The monoisotopic (exact) mass is 336 g/mol. The van der Waals surface area contributed by atoms with Gasteiger partial charge in [0.1, 0.15) is 17.2 Å². The van der Waals surface area contributed by atoms with E-state index in [2.05, 4.69) is 4.98 Å². The van der Waals surface area contributed by atoms with E-state index in [1.807, 2.05) is 6.07 Å². The third kappa shape index (κ3) is 4.17. The Balaban J connectivity index is 1.72. The van der Waals surface area contributed by atoms with Gasteiger partial charge < -0.3 is 9.47 Å². The van der Waals surface area contributed by atoms with Crippen molar-refractivity contribution in [1.29, 1.82) is 0 Å².